The molecule has 2 amide bonds. The molecule has 3 aromatic rings. The molecule has 2 N–H and O–H groups in total. The number of alkyl halides is 3. The van der Waals surface area contributed by atoms with Gasteiger partial charge in [-0.15, -0.1) is 0 Å². The molecule has 0 aliphatic carbocycles. The summed E-state index contributed by atoms with van der Waals surface area (Å²) in [4.78, 5) is 28.1. The number of hydrogen-bond donors (Lipinski definition) is 2. The van der Waals surface area contributed by atoms with E-state index in [4.69, 9.17) is 11.6 Å². The highest BCUT2D eigenvalue weighted by Gasteiger charge is 2.30. The van der Waals surface area contributed by atoms with E-state index in [1.165, 1.54) is 0 Å². The van der Waals surface area contributed by atoms with Gasteiger partial charge in [-0.25, -0.2) is 4.98 Å². The van der Waals surface area contributed by atoms with Crippen molar-refractivity contribution < 1.29 is 22.8 Å². The van der Waals surface area contributed by atoms with Crippen molar-refractivity contribution in [1.82, 2.24) is 20.0 Å². The summed E-state index contributed by atoms with van der Waals surface area (Å²) in [7, 11) is 0. The second-order valence-corrected chi connectivity index (χ2v) is 6.32. The molecule has 6 nitrogen and oxygen atoms in total. The van der Waals surface area contributed by atoms with Crippen molar-refractivity contribution in [3.05, 3.63) is 70.6 Å². The number of aromatic nitrogens is 2. The van der Waals surface area contributed by atoms with Crippen molar-refractivity contribution in [2.75, 3.05) is 6.54 Å². The molecular weight excluding hydrogens is 397 g/mol. The highest BCUT2D eigenvalue weighted by Crippen LogP contribution is 2.29. The molecule has 0 aliphatic heterocycles. The lowest BCUT2D eigenvalue weighted by Gasteiger charge is -2.08. The van der Waals surface area contributed by atoms with Crippen molar-refractivity contribution >= 4 is 29.1 Å². The van der Waals surface area contributed by atoms with Crippen LogP contribution in [0.2, 0.25) is 5.02 Å². The topological polar surface area (TPSA) is 75.5 Å². The normalized spacial score (nSPS) is 11.4. The maximum Gasteiger partial charge on any atom is 0.416 e. The first-order chi connectivity index (χ1) is 13.2. The van der Waals surface area contributed by atoms with Crippen LogP contribution in [0.4, 0.5) is 13.2 Å². The molecule has 0 atom stereocenters. The summed E-state index contributed by atoms with van der Waals surface area (Å²) in [6, 6.07) is 7.16. The Hall–Kier alpha value is -3.07. The maximum absolute atomic E-state index is 12.5. The molecular formula is C18H14ClF3N4O2. The molecule has 0 bridgehead atoms. The van der Waals surface area contributed by atoms with Crippen molar-refractivity contribution in [3.8, 4) is 0 Å². The van der Waals surface area contributed by atoms with Crippen molar-refractivity contribution in [2.24, 2.45) is 0 Å². The Labute approximate surface area is 162 Å². The summed E-state index contributed by atoms with van der Waals surface area (Å²) in [6.45, 7) is -0.173. The minimum atomic E-state index is -4.47. The summed E-state index contributed by atoms with van der Waals surface area (Å²) < 4.78 is 39.3. The third kappa shape index (κ3) is 4.80. The summed E-state index contributed by atoms with van der Waals surface area (Å²) in [5.41, 5.74) is 0.447. The van der Waals surface area contributed by atoms with Crippen molar-refractivity contribution in [3.63, 3.8) is 0 Å². The van der Waals surface area contributed by atoms with Crippen LogP contribution in [0.3, 0.4) is 0 Å². The SMILES string of the molecule is O=C(CNC(=O)c1ccc(C(F)(F)F)cc1)NCc1cn2cc(Cl)ccc2n1. The predicted molar refractivity (Wildman–Crippen MR) is 95.8 cm³/mol. The van der Waals surface area contributed by atoms with Gasteiger partial charge < -0.3 is 15.0 Å². The number of fused-ring (bicyclic) bond motifs is 1. The number of hydrogen-bond acceptors (Lipinski definition) is 3. The second kappa shape index (κ2) is 7.89. The molecule has 0 aliphatic rings. The van der Waals surface area contributed by atoms with E-state index < -0.39 is 23.6 Å². The molecule has 2 heterocycles. The van der Waals surface area contributed by atoms with Crippen LogP contribution in [0.25, 0.3) is 5.65 Å². The third-order valence-electron chi connectivity index (χ3n) is 3.82. The number of carbonyl (C=O) groups excluding carboxylic acids is 2. The quantitative estimate of drug-likeness (QED) is 0.679. The van der Waals surface area contributed by atoms with Crippen LogP contribution in [0.5, 0.6) is 0 Å². The summed E-state index contributed by atoms with van der Waals surface area (Å²) in [5.74, 6) is -1.11. The van der Waals surface area contributed by atoms with E-state index in [1.807, 2.05) is 0 Å². The summed E-state index contributed by atoms with van der Waals surface area (Å²) in [6.07, 6.45) is -1.08. The number of nitrogens with zero attached hydrogens (tertiary/aromatic N) is 2. The third-order valence-corrected chi connectivity index (χ3v) is 4.04. The van der Waals surface area contributed by atoms with Gasteiger partial charge in [0.05, 0.1) is 29.4 Å². The van der Waals surface area contributed by atoms with E-state index in [-0.39, 0.29) is 18.7 Å². The number of imidazole rings is 1. The molecule has 0 spiro atoms. The Balaban J connectivity index is 1.50. The Morgan fingerprint density at radius 3 is 2.43 bits per heavy atom. The van der Waals surface area contributed by atoms with E-state index in [0.717, 1.165) is 24.3 Å². The van der Waals surface area contributed by atoms with E-state index >= 15 is 0 Å². The largest absolute Gasteiger partial charge is 0.416 e. The van der Waals surface area contributed by atoms with E-state index in [9.17, 15) is 22.8 Å². The number of amides is 2. The fourth-order valence-electron chi connectivity index (χ4n) is 2.43. The second-order valence-electron chi connectivity index (χ2n) is 5.88. The summed E-state index contributed by atoms with van der Waals surface area (Å²) in [5, 5.41) is 5.50. The Kier molecular flexibility index (Phi) is 5.55. The van der Waals surface area contributed by atoms with Crippen LogP contribution < -0.4 is 10.6 Å². The van der Waals surface area contributed by atoms with Crippen LogP contribution in [0.1, 0.15) is 21.6 Å². The molecule has 146 valence electrons. The number of carbonyl (C=O) groups is 2. The minimum Gasteiger partial charge on any atom is -0.349 e. The lowest BCUT2D eigenvalue weighted by Crippen LogP contribution is -2.36. The van der Waals surface area contributed by atoms with Gasteiger partial charge in [-0.2, -0.15) is 13.2 Å². The zero-order valence-corrected chi connectivity index (χ0v) is 15.0. The first-order valence-corrected chi connectivity index (χ1v) is 8.45. The van der Waals surface area contributed by atoms with Gasteiger partial charge >= 0.3 is 6.18 Å². The first kappa shape index (κ1) is 19.7. The molecule has 0 saturated carbocycles. The first-order valence-electron chi connectivity index (χ1n) is 8.08. The zero-order valence-electron chi connectivity index (χ0n) is 14.3. The lowest BCUT2D eigenvalue weighted by atomic mass is 10.1. The maximum atomic E-state index is 12.5. The molecule has 2 aromatic heterocycles. The number of nitrogens with one attached hydrogen (secondary N) is 2. The lowest BCUT2D eigenvalue weighted by molar-refractivity contribution is -0.137. The molecule has 10 heteroatoms. The van der Waals surface area contributed by atoms with E-state index in [0.29, 0.717) is 16.4 Å². The van der Waals surface area contributed by atoms with Gasteiger partial charge in [0.1, 0.15) is 5.65 Å². The standard InChI is InChI=1S/C18H14ClF3N4O2/c19-13-5-6-15-25-14(10-26(15)9-13)7-23-16(27)8-24-17(28)11-1-3-12(4-2-11)18(20,21)22/h1-6,9-10H,7-8H2,(H,23,27)(H,24,28). The molecule has 28 heavy (non-hydrogen) atoms. The molecule has 0 radical (unpaired) electrons. The van der Waals surface area contributed by atoms with Crippen LogP contribution in [-0.2, 0) is 17.5 Å². The fraction of sp³-hybridized carbons (Fsp3) is 0.167. The average molecular weight is 411 g/mol. The van der Waals surface area contributed by atoms with E-state index in [1.54, 1.807) is 28.9 Å². The average Bonchev–Trinajstić information content (AvgIpc) is 3.05. The van der Waals surface area contributed by atoms with Crippen LogP contribution >= 0.6 is 11.6 Å². The minimum absolute atomic E-state index is 0.0260. The number of benzene rings is 1. The summed E-state index contributed by atoms with van der Waals surface area (Å²) >= 11 is 5.89. The van der Waals surface area contributed by atoms with Crippen LogP contribution in [-0.4, -0.2) is 27.7 Å². The smallest absolute Gasteiger partial charge is 0.349 e. The Morgan fingerprint density at radius 2 is 1.75 bits per heavy atom. The highest BCUT2D eigenvalue weighted by atomic mass is 35.5. The number of rotatable bonds is 5. The van der Waals surface area contributed by atoms with Gasteiger partial charge in [0.15, 0.2) is 0 Å². The molecule has 1 aromatic carbocycles. The van der Waals surface area contributed by atoms with Crippen molar-refractivity contribution in [1.29, 1.82) is 0 Å². The van der Waals surface area contributed by atoms with Crippen molar-refractivity contribution in [2.45, 2.75) is 12.7 Å². The number of pyridine rings is 1. The van der Waals surface area contributed by atoms with Crippen LogP contribution in [0.15, 0.2) is 48.8 Å². The highest BCUT2D eigenvalue weighted by molar-refractivity contribution is 6.30. The number of halogens is 4. The predicted octanol–water partition coefficient (Wildman–Crippen LogP) is 3.05. The van der Waals surface area contributed by atoms with Gasteiger partial charge in [0.2, 0.25) is 5.91 Å². The van der Waals surface area contributed by atoms with Crippen LogP contribution in [0, 0.1) is 0 Å². The fourth-order valence-corrected chi connectivity index (χ4v) is 2.60. The molecule has 0 saturated heterocycles. The zero-order chi connectivity index (χ0) is 20.3. The van der Waals surface area contributed by atoms with Gasteiger partial charge in [-0.1, -0.05) is 11.6 Å². The molecule has 0 fully saturated rings. The molecule has 0 unspecified atom stereocenters. The Bertz CT molecular complexity index is 1020. The monoisotopic (exact) mass is 410 g/mol. The van der Waals surface area contributed by atoms with Gasteiger partial charge in [0.25, 0.3) is 5.91 Å². The van der Waals surface area contributed by atoms with Gasteiger partial charge in [0, 0.05) is 18.0 Å². The van der Waals surface area contributed by atoms with E-state index in [2.05, 4.69) is 15.6 Å². The van der Waals surface area contributed by atoms with Gasteiger partial charge in [-0.3, -0.25) is 9.59 Å². The Morgan fingerprint density at radius 1 is 1.04 bits per heavy atom. The molecule has 3 rings (SSSR count). The van der Waals surface area contributed by atoms with Gasteiger partial charge in [-0.05, 0) is 36.4 Å².